The Hall–Kier alpha value is -4.13. The zero-order chi connectivity index (χ0) is 27.5. The van der Waals surface area contributed by atoms with Gasteiger partial charge in [0.1, 0.15) is 6.54 Å². The van der Waals surface area contributed by atoms with Gasteiger partial charge in [0, 0.05) is 33.9 Å². The topological polar surface area (TPSA) is 71.7 Å². The molecule has 0 unspecified atom stereocenters. The lowest BCUT2D eigenvalue weighted by Gasteiger charge is -2.32. The predicted octanol–water partition coefficient (Wildman–Crippen LogP) is 6.24. The molecule has 5 aromatic rings. The van der Waals surface area contributed by atoms with Crippen LogP contribution < -0.4 is 0 Å². The van der Waals surface area contributed by atoms with E-state index in [1.165, 1.54) is 11.1 Å². The Labute approximate surface area is 229 Å². The number of carbonyl (C=O) groups excluding carboxylic acids is 1. The van der Waals surface area contributed by atoms with Crippen LogP contribution in [0.2, 0.25) is 0 Å². The summed E-state index contributed by atoms with van der Waals surface area (Å²) in [4.78, 5) is 19.1. The lowest BCUT2D eigenvalue weighted by atomic mass is 9.97. The smallest absolute Gasteiger partial charge is 0.245 e. The normalized spacial score (nSPS) is 14.4. The van der Waals surface area contributed by atoms with E-state index < -0.39 is 5.54 Å². The molecule has 4 heterocycles. The fourth-order valence-corrected chi connectivity index (χ4v) is 6.24. The summed E-state index contributed by atoms with van der Waals surface area (Å²) in [6.07, 6.45) is 3.82. The molecule has 7 heteroatoms. The highest BCUT2D eigenvalue weighted by Crippen LogP contribution is 2.45. The summed E-state index contributed by atoms with van der Waals surface area (Å²) in [7, 11) is 0. The molecule has 0 bridgehead atoms. The number of fused-ring (bicyclic) bond motifs is 2. The van der Waals surface area contributed by atoms with Crippen LogP contribution in [0.4, 0.5) is 0 Å². The van der Waals surface area contributed by atoms with Gasteiger partial charge in [-0.25, -0.2) is 4.68 Å². The van der Waals surface area contributed by atoms with Crippen LogP contribution in [0.25, 0.3) is 27.8 Å². The molecular formula is C32H36N6O. The number of nitrogens with one attached hydrogen (secondary N) is 1. The molecule has 7 nitrogen and oxygen atoms in total. The first-order valence-electron chi connectivity index (χ1n) is 13.9. The lowest BCUT2D eigenvalue weighted by molar-refractivity contribution is -0.137. The van der Waals surface area contributed by atoms with Gasteiger partial charge in [0.05, 0.1) is 34.9 Å². The molecule has 0 radical (unpaired) electrons. The monoisotopic (exact) mass is 520 g/mol. The Bertz CT molecular complexity index is 1690. The fraction of sp³-hybridized carbons (Fsp3) is 0.344. The zero-order valence-electron chi connectivity index (χ0n) is 23.7. The second kappa shape index (κ2) is 9.26. The highest BCUT2D eigenvalue weighted by molar-refractivity contribution is 5.96. The maximum absolute atomic E-state index is 13.8. The molecule has 6 rings (SSSR count). The molecule has 0 spiro atoms. The van der Waals surface area contributed by atoms with Crippen molar-refractivity contribution in [2.45, 2.75) is 73.0 Å². The van der Waals surface area contributed by atoms with Crippen LogP contribution >= 0.6 is 0 Å². The van der Waals surface area contributed by atoms with E-state index in [9.17, 15) is 4.79 Å². The van der Waals surface area contributed by atoms with Crippen molar-refractivity contribution >= 4 is 16.8 Å². The van der Waals surface area contributed by atoms with Gasteiger partial charge in [-0.1, -0.05) is 44.2 Å². The van der Waals surface area contributed by atoms with Gasteiger partial charge < -0.3 is 9.88 Å². The van der Waals surface area contributed by atoms with Crippen molar-refractivity contribution < 1.29 is 4.79 Å². The van der Waals surface area contributed by atoms with Gasteiger partial charge in [0.15, 0.2) is 0 Å². The number of H-pyrrole nitrogens is 1. The molecule has 0 atom stereocenters. The Morgan fingerprint density at radius 2 is 1.72 bits per heavy atom. The second-order valence-corrected chi connectivity index (χ2v) is 11.1. The number of benzene rings is 2. The molecule has 0 fully saturated rings. The third-order valence-electron chi connectivity index (χ3n) is 8.27. The van der Waals surface area contributed by atoms with Crippen molar-refractivity contribution in [3.8, 4) is 16.9 Å². The highest BCUT2D eigenvalue weighted by Gasteiger charge is 2.45. The number of aromatic nitrogens is 5. The third kappa shape index (κ3) is 3.90. The van der Waals surface area contributed by atoms with E-state index in [4.69, 9.17) is 5.10 Å². The van der Waals surface area contributed by atoms with Crippen LogP contribution in [0.1, 0.15) is 61.5 Å². The van der Waals surface area contributed by atoms with Gasteiger partial charge in [-0.15, -0.1) is 0 Å². The molecule has 3 aromatic heterocycles. The molecule has 200 valence electrons. The number of aromatic amines is 1. The largest absolute Gasteiger partial charge is 0.361 e. The van der Waals surface area contributed by atoms with Crippen LogP contribution in [0.3, 0.4) is 0 Å². The third-order valence-corrected chi connectivity index (χ3v) is 8.27. The summed E-state index contributed by atoms with van der Waals surface area (Å²) >= 11 is 0. The average Bonchev–Trinajstić information content (AvgIpc) is 3.67. The van der Waals surface area contributed by atoms with Gasteiger partial charge in [-0.2, -0.15) is 10.2 Å². The maximum Gasteiger partial charge on any atom is 0.245 e. The summed E-state index contributed by atoms with van der Waals surface area (Å²) in [5.74, 6) is 0.0461. The molecule has 2 aromatic carbocycles. The van der Waals surface area contributed by atoms with Gasteiger partial charge in [0.25, 0.3) is 0 Å². The minimum Gasteiger partial charge on any atom is -0.361 e. The van der Waals surface area contributed by atoms with Gasteiger partial charge in [-0.3, -0.25) is 9.48 Å². The molecular weight excluding hydrogens is 484 g/mol. The molecule has 1 N–H and O–H groups in total. The first-order valence-corrected chi connectivity index (χ1v) is 13.9. The summed E-state index contributed by atoms with van der Waals surface area (Å²) in [5, 5.41) is 11.0. The Kier molecular flexibility index (Phi) is 5.97. The average molecular weight is 521 g/mol. The van der Waals surface area contributed by atoms with Crippen molar-refractivity contribution in [1.29, 1.82) is 0 Å². The van der Waals surface area contributed by atoms with Gasteiger partial charge in [0.2, 0.25) is 5.91 Å². The van der Waals surface area contributed by atoms with E-state index in [0.29, 0.717) is 6.54 Å². The minimum atomic E-state index is -0.567. The first-order chi connectivity index (χ1) is 18.7. The number of amides is 1. The number of hydrogen-bond donors (Lipinski definition) is 1. The van der Waals surface area contributed by atoms with Gasteiger partial charge >= 0.3 is 0 Å². The van der Waals surface area contributed by atoms with E-state index in [0.717, 1.165) is 63.3 Å². The van der Waals surface area contributed by atoms with E-state index in [1.807, 2.05) is 31.0 Å². The predicted molar refractivity (Wildman–Crippen MR) is 155 cm³/mol. The van der Waals surface area contributed by atoms with Crippen LogP contribution in [-0.2, 0) is 36.3 Å². The van der Waals surface area contributed by atoms with Crippen LogP contribution in [0.5, 0.6) is 0 Å². The Balaban J connectivity index is 1.55. The molecule has 0 saturated heterocycles. The number of para-hydroxylation sites is 1. The van der Waals surface area contributed by atoms with E-state index in [2.05, 4.69) is 84.9 Å². The summed E-state index contributed by atoms with van der Waals surface area (Å²) in [6.45, 7) is 13.3. The number of aryl methyl sites for hydroxylation is 4. The van der Waals surface area contributed by atoms with Crippen LogP contribution in [-0.4, -0.2) is 35.4 Å². The van der Waals surface area contributed by atoms with Crippen molar-refractivity contribution in [3.63, 3.8) is 0 Å². The molecule has 39 heavy (non-hydrogen) atoms. The van der Waals surface area contributed by atoms with Crippen LogP contribution in [0.15, 0.2) is 54.7 Å². The number of nitrogens with zero attached hydrogens (tertiary/aromatic N) is 5. The standard InChI is InChI=1S/C32H36N6O/c1-7-22-11-9-12-23(8-2)29(22)38-30(25-13-10-14-27-24(25)15-16-33-27)26-18-36(32(5,6)31(26)35-38)28(39)19-37-21(4)17-20(3)34-37/h9-17,33H,7-8,18-19H2,1-6H3. The fourth-order valence-electron chi connectivity index (χ4n) is 6.24. The highest BCUT2D eigenvalue weighted by atomic mass is 16.2. The van der Waals surface area contributed by atoms with E-state index >= 15 is 0 Å². The molecule has 1 amide bonds. The molecule has 1 aliphatic rings. The maximum atomic E-state index is 13.8. The minimum absolute atomic E-state index is 0.0461. The second-order valence-electron chi connectivity index (χ2n) is 11.1. The number of hydrogen-bond acceptors (Lipinski definition) is 3. The Morgan fingerprint density at radius 1 is 1.00 bits per heavy atom. The number of carbonyl (C=O) groups is 1. The SMILES string of the molecule is CCc1cccc(CC)c1-n1nc2c(c1-c1cccc3[nH]ccc13)CN(C(=O)Cn1nc(C)cc1C)C2(C)C. The van der Waals surface area contributed by atoms with E-state index in [1.54, 1.807) is 4.68 Å². The molecule has 1 aliphatic heterocycles. The molecule has 0 aliphatic carbocycles. The van der Waals surface area contributed by atoms with Crippen LogP contribution in [0, 0.1) is 13.8 Å². The summed E-state index contributed by atoms with van der Waals surface area (Å²) in [6, 6.07) is 17.1. The zero-order valence-corrected chi connectivity index (χ0v) is 23.7. The number of rotatable bonds is 6. The van der Waals surface area contributed by atoms with Crippen molar-refractivity contribution in [2.24, 2.45) is 0 Å². The lowest BCUT2D eigenvalue weighted by Crippen LogP contribution is -2.42. The van der Waals surface area contributed by atoms with Crippen molar-refractivity contribution in [2.75, 3.05) is 0 Å². The van der Waals surface area contributed by atoms with Crippen molar-refractivity contribution in [3.05, 3.63) is 88.5 Å². The molecule has 0 saturated carbocycles. The summed E-state index contributed by atoms with van der Waals surface area (Å²) < 4.78 is 3.98. The summed E-state index contributed by atoms with van der Waals surface area (Å²) in [5.41, 5.74) is 10.4. The first kappa shape index (κ1) is 25.2. The Morgan fingerprint density at radius 3 is 2.38 bits per heavy atom. The van der Waals surface area contributed by atoms with Gasteiger partial charge in [-0.05, 0) is 69.9 Å². The quantitative estimate of drug-likeness (QED) is 0.288. The van der Waals surface area contributed by atoms with E-state index in [-0.39, 0.29) is 12.5 Å². The van der Waals surface area contributed by atoms with Crippen molar-refractivity contribution in [1.82, 2.24) is 29.4 Å².